The summed E-state index contributed by atoms with van der Waals surface area (Å²) in [4.78, 5) is 23.2. The zero-order valence-electron chi connectivity index (χ0n) is 18.5. The summed E-state index contributed by atoms with van der Waals surface area (Å²) < 4.78 is 0. The van der Waals surface area contributed by atoms with Crippen LogP contribution in [0.5, 0.6) is 0 Å². The number of aliphatic hydroxyl groups excluding tert-OH is 1. The van der Waals surface area contributed by atoms with Crippen LogP contribution in [-0.2, 0) is 0 Å². The highest BCUT2D eigenvalue weighted by Gasteiger charge is 2.13. The van der Waals surface area contributed by atoms with Crippen molar-refractivity contribution in [3.05, 3.63) is 43.0 Å². The van der Waals surface area contributed by atoms with Gasteiger partial charge < -0.3 is 20.3 Å². The Balaban J connectivity index is 0.000000411. The van der Waals surface area contributed by atoms with Crippen molar-refractivity contribution in [1.29, 1.82) is 0 Å². The molecule has 0 spiro atoms. The lowest BCUT2D eigenvalue weighted by Gasteiger charge is -2.17. The zero-order valence-corrected chi connectivity index (χ0v) is 18.5. The number of nitrogens with one attached hydrogen (secondary N) is 2. The predicted octanol–water partition coefficient (Wildman–Crippen LogP) is 4.66. The third-order valence-corrected chi connectivity index (χ3v) is 5.11. The number of anilines is 3. The first kappa shape index (κ1) is 22.4. The van der Waals surface area contributed by atoms with Crippen LogP contribution in [0.25, 0.3) is 21.9 Å². The second-order valence-corrected chi connectivity index (χ2v) is 7.22. The van der Waals surface area contributed by atoms with Crippen molar-refractivity contribution in [1.82, 2.24) is 24.9 Å². The summed E-state index contributed by atoms with van der Waals surface area (Å²) in [6, 6.07) is 6.02. The van der Waals surface area contributed by atoms with E-state index in [0.29, 0.717) is 5.95 Å². The summed E-state index contributed by atoms with van der Waals surface area (Å²) in [5, 5.41) is 12.2. The number of unbranched alkanes of at least 4 members (excludes halogenated alkanes) is 1. The number of rotatable bonds is 4. The number of aromatic nitrogens is 5. The third-order valence-electron chi connectivity index (χ3n) is 5.11. The number of aromatic amines is 1. The second-order valence-electron chi connectivity index (χ2n) is 7.22. The maximum Gasteiger partial charge on any atom is 0.230 e. The van der Waals surface area contributed by atoms with E-state index < -0.39 is 0 Å². The molecule has 1 aliphatic rings. The lowest BCUT2D eigenvalue weighted by Crippen LogP contribution is -2.17. The van der Waals surface area contributed by atoms with Crippen molar-refractivity contribution in [3.63, 3.8) is 0 Å². The van der Waals surface area contributed by atoms with Gasteiger partial charge in [0.15, 0.2) is 0 Å². The molecular formula is C23H31N7O. The summed E-state index contributed by atoms with van der Waals surface area (Å²) in [6.45, 7) is 6.59. The Morgan fingerprint density at radius 3 is 2.42 bits per heavy atom. The molecule has 1 aliphatic heterocycles. The van der Waals surface area contributed by atoms with Gasteiger partial charge in [-0.3, -0.25) is 4.98 Å². The van der Waals surface area contributed by atoms with Gasteiger partial charge in [-0.25, -0.2) is 9.97 Å². The van der Waals surface area contributed by atoms with Gasteiger partial charge >= 0.3 is 0 Å². The molecule has 0 radical (unpaired) electrons. The minimum absolute atomic E-state index is 0.522. The van der Waals surface area contributed by atoms with E-state index in [2.05, 4.69) is 55.1 Å². The maximum atomic E-state index is 7.00. The molecule has 4 aromatic rings. The maximum absolute atomic E-state index is 7.00. The molecule has 5 rings (SSSR count). The summed E-state index contributed by atoms with van der Waals surface area (Å²) in [5.74, 6) is 1.26. The molecule has 8 nitrogen and oxygen atoms in total. The normalized spacial score (nSPS) is 12.8. The Morgan fingerprint density at radius 2 is 1.74 bits per heavy atom. The molecular weight excluding hydrogens is 390 g/mol. The molecule has 164 valence electrons. The molecule has 0 aromatic carbocycles. The molecule has 1 fully saturated rings. The van der Waals surface area contributed by atoms with E-state index in [1.165, 1.54) is 31.4 Å². The smallest absolute Gasteiger partial charge is 0.230 e. The van der Waals surface area contributed by atoms with E-state index in [9.17, 15) is 0 Å². The number of pyridine rings is 2. The number of hydrogen-bond donors (Lipinski definition) is 3. The highest BCUT2D eigenvalue weighted by atomic mass is 16.2. The average Bonchev–Trinajstić information content (AvgIpc) is 3.49. The van der Waals surface area contributed by atoms with Crippen LogP contribution >= 0.6 is 0 Å². The van der Waals surface area contributed by atoms with Crippen molar-refractivity contribution in [3.8, 4) is 0 Å². The molecule has 0 aliphatic carbocycles. The number of nitrogens with zero attached hydrogens (tertiary/aromatic N) is 5. The van der Waals surface area contributed by atoms with Gasteiger partial charge in [0.2, 0.25) is 5.95 Å². The first-order valence-electron chi connectivity index (χ1n) is 10.8. The van der Waals surface area contributed by atoms with E-state index in [1.807, 2.05) is 24.5 Å². The molecule has 5 heterocycles. The summed E-state index contributed by atoms with van der Waals surface area (Å²) in [7, 11) is 1.00. The molecule has 3 N–H and O–H groups in total. The predicted molar refractivity (Wildman–Crippen MR) is 127 cm³/mol. The van der Waals surface area contributed by atoms with Gasteiger partial charge in [0, 0.05) is 43.4 Å². The van der Waals surface area contributed by atoms with Crippen LogP contribution in [0.2, 0.25) is 0 Å². The van der Waals surface area contributed by atoms with Crippen LogP contribution < -0.4 is 10.2 Å². The lowest BCUT2D eigenvalue weighted by molar-refractivity contribution is 0.399. The summed E-state index contributed by atoms with van der Waals surface area (Å²) in [5.41, 5.74) is 2.91. The van der Waals surface area contributed by atoms with Crippen LogP contribution in [0.3, 0.4) is 0 Å². The number of H-pyrrole nitrogens is 1. The van der Waals surface area contributed by atoms with E-state index in [1.54, 1.807) is 12.4 Å². The van der Waals surface area contributed by atoms with Crippen molar-refractivity contribution in [2.24, 2.45) is 0 Å². The molecule has 31 heavy (non-hydrogen) atoms. The molecule has 0 bridgehead atoms. The quantitative estimate of drug-likeness (QED) is 0.440. The van der Waals surface area contributed by atoms with Crippen LogP contribution in [0.15, 0.2) is 43.0 Å². The average molecular weight is 422 g/mol. The molecule has 0 amide bonds. The molecule has 0 unspecified atom stereocenters. The van der Waals surface area contributed by atoms with Crippen molar-refractivity contribution in [2.75, 3.05) is 30.4 Å². The first-order chi connectivity index (χ1) is 15.3. The fraction of sp³-hybridized carbons (Fsp3) is 0.391. The summed E-state index contributed by atoms with van der Waals surface area (Å²) in [6.07, 6.45) is 12.4. The fourth-order valence-corrected chi connectivity index (χ4v) is 3.33. The van der Waals surface area contributed by atoms with Crippen molar-refractivity contribution >= 4 is 39.4 Å². The highest BCUT2D eigenvalue weighted by Crippen LogP contribution is 2.24. The van der Waals surface area contributed by atoms with Gasteiger partial charge in [-0.2, -0.15) is 4.98 Å². The van der Waals surface area contributed by atoms with E-state index in [0.717, 1.165) is 48.0 Å². The second kappa shape index (κ2) is 11.2. The third kappa shape index (κ3) is 5.46. The lowest BCUT2D eigenvalue weighted by atomic mass is 10.2. The Hall–Kier alpha value is -3.26. The van der Waals surface area contributed by atoms with Crippen LogP contribution in [0.4, 0.5) is 17.5 Å². The first-order valence-corrected chi connectivity index (χ1v) is 10.8. The van der Waals surface area contributed by atoms with E-state index in [4.69, 9.17) is 5.11 Å². The number of hydrogen-bond acceptors (Lipinski definition) is 7. The molecule has 1 saturated heterocycles. The Bertz CT molecular complexity index is 1070. The highest BCUT2D eigenvalue weighted by molar-refractivity contribution is 6.05. The van der Waals surface area contributed by atoms with Crippen molar-refractivity contribution in [2.45, 2.75) is 39.5 Å². The van der Waals surface area contributed by atoms with Gasteiger partial charge in [-0.05, 0) is 31.0 Å². The standard InChI is InChI=1S/C18H17N7.C4H10.CH4O/c1-2-8-25(7-1)12-3-4-16(20-9-12)23-18-21-10-14-13-5-6-19-11-15(13)22-17(14)24-18;1-3-4-2;1-2/h3-6,9-11H,1-2,7-8H2,(H2,20,21,22,23,24);3-4H2,1-2H3;2H,1H3. The van der Waals surface area contributed by atoms with Crippen LogP contribution in [0, 0.1) is 0 Å². The number of fused-ring (bicyclic) bond motifs is 3. The largest absolute Gasteiger partial charge is 0.400 e. The monoisotopic (exact) mass is 421 g/mol. The van der Waals surface area contributed by atoms with Gasteiger partial charge in [0.1, 0.15) is 11.5 Å². The van der Waals surface area contributed by atoms with Gasteiger partial charge in [0.05, 0.1) is 23.6 Å². The van der Waals surface area contributed by atoms with E-state index in [-0.39, 0.29) is 0 Å². The molecule has 4 aromatic heterocycles. The molecule has 0 saturated carbocycles. The Morgan fingerprint density at radius 1 is 0.968 bits per heavy atom. The SMILES string of the molecule is CCCC.CO.c1cc2c(cn1)[nH]c1nc(Nc3ccc(N4CCCC4)cn3)ncc12. The minimum atomic E-state index is 0.522. The van der Waals surface area contributed by atoms with Crippen LogP contribution in [-0.4, -0.2) is 50.2 Å². The van der Waals surface area contributed by atoms with Crippen molar-refractivity contribution < 1.29 is 5.11 Å². The molecule has 8 heteroatoms. The zero-order chi connectivity index (χ0) is 22.1. The topological polar surface area (TPSA) is 103 Å². The van der Waals surface area contributed by atoms with E-state index >= 15 is 0 Å². The van der Waals surface area contributed by atoms with Gasteiger partial charge in [0.25, 0.3) is 0 Å². The van der Waals surface area contributed by atoms with Gasteiger partial charge in [-0.15, -0.1) is 0 Å². The molecule has 0 atom stereocenters. The Kier molecular flexibility index (Phi) is 8.12. The van der Waals surface area contributed by atoms with Gasteiger partial charge in [-0.1, -0.05) is 26.7 Å². The fourth-order valence-electron chi connectivity index (χ4n) is 3.33. The van der Waals surface area contributed by atoms with Crippen LogP contribution in [0.1, 0.15) is 39.5 Å². The summed E-state index contributed by atoms with van der Waals surface area (Å²) >= 11 is 0. The Labute approximate surface area is 182 Å². The minimum Gasteiger partial charge on any atom is -0.400 e. The number of aliphatic hydroxyl groups is 1.